The molecule has 3 nitrogen and oxygen atoms in total. The highest BCUT2D eigenvalue weighted by atomic mass is 16.5. The first-order valence-corrected chi connectivity index (χ1v) is 6.06. The van der Waals surface area contributed by atoms with E-state index in [0.717, 1.165) is 16.9 Å². The molecule has 4 rings (SSSR count). The van der Waals surface area contributed by atoms with Gasteiger partial charge >= 0.3 is 0 Å². The van der Waals surface area contributed by atoms with E-state index in [9.17, 15) is 0 Å². The lowest BCUT2D eigenvalue weighted by Gasteiger charge is -2.13. The number of rotatable bonds is 1. The Morgan fingerprint density at radius 3 is 2.67 bits per heavy atom. The first-order valence-electron chi connectivity index (χ1n) is 6.06. The molecule has 0 saturated carbocycles. The van der Waals surface area contributed by atoms with Gasteiger partial charge in [-0.2, -0.15) is 0 Å². The molecular formula is C15H12N2O. The Bertz CT molecular complexity index is 703. The van der Waals surface area contributed by atoms with Crippen molar-refractivity contribution in [1.82, 2.24) is 9.55 Å². The molecule has 1 aromatic heterocycles. The maximum absolute atomic E-state index is 5.86. The molecule has 0 radical (unpaired) electrons. The quantitative estimate of drug-likeness (QED) is 0.649. The Balaban J connectivity index is 1.93. The van der Waals surface area contributed by atoms with E-state index in [4.69, 9.17) is 4.74 Å². The average molecular weight is 236 g/mol. The zero-order valence-corrected chi connectivity index (χ0v) is 9.78. The van der Waals surface area contributed by atoms with E-state index in [1.807, 2.05) is 36.4 Å². The van der Waals surface area contributed by atoms with E-state index in [1.54, 1.807) is 0 Å². The van der Waals surface area contributed by atoms with Gasteiger partial charge in [0, 0.05) is 5.56 Å². The Morgan fingerprint density at radius 1 is 1.00 bits per heavy atom. The fourth-order valence-electron chi connectivity index (χ4n) is 2.55. The van der Waals surface area contributed by atoms with Crippen molar-refractivity contribution in [2.45, 2.75) is 12.8 Å². The summed E-state index contributed by atoms with van der Waals surface area (Å²) in [4.78, 5) is 4.61. The van der Waals surface area contributed by atoms with Gasteiger partial charge in [-0.15, -0.1) is 0 Å². The van der Waals surface area contributed by atoms with Crippen LogP contribution >= 0.6 is 0 Å². The molecule has 0 fully saturated rings. The molecular weight excluding hydrogens is 224 g/mol. The average Bonchev–Trinajstić information content (AvgIpc) is 2.98. The lowest BCUT2D eigenvalue weighted by atomic mass is 10.2. The topological polar surface area (TPSA) is 27.1 Å². The van der Waals surface area contributed by atoms with E-state index in [2.05, 4.69) is 27.8 Å². The van der Waals surface area contributed by atoms with Gasteiger partial charge in [-0.3, -0.25) is 4.57 Å². The SMILES string of the molecule is c1ccc(C2OCc3nc4ccccc4n32)cc1. The lowest BCUT2D eigenvalue weighted by molar-refractivity contribution is 0.0644. The lowest BCUT2D eigenvalue weighted by Crippen LogP contribution is -2.06. The second-order valence-corrected chi connectivity index (χ2v) is 4.46. The number of para-hydroxylation sites is 2. The molecule has 1 aliphatic heterocycles. The Kier molecular flexibility index (Phi) is 2.02. The van der Waals surface area contributed by atoms with Crippen LogP contribution in [-0.4, -0.2) is 9.55 Å². The highest BCUT2D eigenvalue weighted by Gasteiger charge is 2.27. The van der Waals surface area contributed by atoms with Gasteiger partial charge in [0.25, 0.3) is 0 Å². The zero-order chi connectivity index (χ0) is 11.9. The predicted octanol–water partition coefficient (Wildman–Crippen LogP) is 3.11. The van der Waals surface area contributed by atoms with Crippen molar-refractivity contribution in [2.75, 3.05) is 0 Å². The number of fused-ring (bicyclic) bond motifs is 3. The standard InChI is InChI=1S/C15H12N2O/c1-2-6-11(7-3-1)15-17-13-9-5-4-8-12(13)16-14(17)10-18-15/h1-9,15H,10H2. The smallest absolute Gasteiger partial charge is 0.162 e. The van der Waals surface area contributed by atoms with E-state index in [-0.39, 0.29) is 6.23 Å². The van der Waals surface area contributed by atoms with Gasteiger partial charge in [-0.1, -0.05) is 42.5 Å². The molecule has 2 heterocycles. The minimum atomic E-state index is -0.0476. The maximum Gasteiger partial charge on any atom is 0.162 e. The largest absolute Gasteiger partial charge is 0.346 e. The minimum absolute atomic E-state index is 0.0476. The molecule has 2 aromatic carbocycles. The third-order valence-corrected chi connectivity index (χ3v) is 3.36. The summed E-state index contributed by atoms with van der Waals surface area (Å²) in [6.07, 6.45) is -0.0476. The second-order valence-electron chi connectivity index (χ2n) is 4.46. The molecule has 1 atom stereocenters. The third-order valence-electron chi connectivity index (χ3n) is 3.36. The summed E-state index contributed by atoms with van der Waals surface area (Å²) in [6.45, 7) is 0.578. The Labute approximate surface area is 105 Å². The summed E-state index contributed by atoms with van der Waals surface area (Å²) < 4.78 is 8.04. The first-order chi connectivity index (χ1) is 8.93. The monoisotopic (exact) mass is 236 g/mol. The van der Waals surface area contributed by atoms with E-state index in [0.29, 0.717) is 6.61 Å². The van der Waals surface area contributed by atoms with E-state index >= 15 is 0 Å². The number of aromatic nitrogens is 2. The first kappa shape index (κ1) is 9.85. The molecule has 1 unspecified atom stereocenters. The molecule has 0 amide bonds. The number of imidazole rings is 1. The van der Waals surface area contributed by atoms with Crippen LogP contribution in [0.5, 0.6) is 0 Å². The summed E-state index contributed by atoms with van der Waals surface area (Å²) in [5.41, 5.74) is 3.34. The van der Waals surface area contributed by atoms with Gasteiger partial charge in [0.2, 0.25) is 0 Å². The van der Waals surface area contributed by atoms with Crippen LogP contribution in [0.2, 0.25) is 0 Å². The van der Waals surface area contributed by atoms with Crippen LogP contribution in [0.3, 0.4) is 0 Å². The second kappa shape index (κ2) is 3.68. The Morgan fingerprint density at radius 2 is 1.78 bits per heavy atom. The molecule has 0 bridgehead atoms. The van der Waals surface area contributed by atoms with Gasteiger partial charge in [0.05, 0.1) is 11.0 Å². The van der Waals surface area contributed by atoms with Crippen molar-refractivity contribution in [2.24, 2.45) is 0 Å². The Hall–Kier alpha value is -2.13. The fourth-order valence-corrected chi connectivity index (χ4v) is 2.55. The summed E-state index contributed by atoms with van der Waals surface area (Å²) >= 11 is 0. The van der Waals surface area contributed by atoms with Crippen molar-refractivity contribution < 1.29 is 4.74 Å². The van der Waals surface area contributed by atoms with Gasteiger partial charge in [0.15, 0.2) is 6.23 Å². The molecule has 3 aromatic rings. The number of nitrogens with zero attached hydrogens (tertiary/aromatic N) is 2. The van der Waals surface area contributed by atoms with Crippen LogP contribution in [0.25, 0.3) is 11.0 Å². The van der Waals surface area contributed by atoms with Crippen LogP contribution < -0.4 is 0 Å². The third kappa shape index (κ3) is 1.31. The maximum atomic E-state index is 5.86. The summed E-state index contributed by atoms with van der Waals surface area (Å²) in [5.74, 6) is 1.00. The zero-order valence-electron chi connectivity index (χ0n) is 9.78. The van der Waals surface area contributed by atoms with Crippen LogP contribution in [0, 0.1) is 0 Å². The van der Waals surface area contributed by atoms with E-state index in [1.165, 1.54) is 5.56 Å². The molecule has 88 valence electrons. The van der Waals surface area contributed by atoms with Gasteiger partial charge < -0.3 is 4.74 Å². The summed E-state index contributed by atoms with van der Waals surface area (Å²) in [7, 11) is 0. The highest BCUT2D eigenvalue weighted by molar-refractivity contribution is 5.76. The van der Waals surface area contributed by atoms with E-state index < -0.39 is 0 Å². The number of hydrogen-bond acceptors (Lipinski definition) is 2. The van der Waals surface area contributed by atoms with Crippen molar-refractivity contribution in [1.29, 1.82) is 0 Å². The molecule has 18 heavy (non-hydrogen) atoms. The highest BCUT2D eigenvalue weighted by Crippen LogP contribution is 2.32. The number of benzene rings is 2. The molecule has 0 spiro atoms. The molecule has 0 aliphatic carbocycles. The van der Waals surface area contributed by atoms with Crippen molar-refractivity contribution in [3.63, 3.8) is 0 Å². The van der Waals surface area contributed by atoms with Crippen molar-refractivity contribution >= 4 is 11.0 Å². The van der Waals surface area contributed by atoms with Gasteiger partial charge in [0.1, 0.15) is 12.4 Å². The van der Waals surface area contributed by atoms with Crippen LogP contribution in [0.4, 0.5) is 0 Å². The van der Waals surface area contributed by atoms with Crippen molar-refractivity contribution in [3.8, 4) is 0 Å². The molecule has 0 saturated heterocycles. The normalized spacial score (nSPS) is 18.1. The molecule has 3 heteroatoms. The van der Waals surface area contributed by atoms with Crippen LogP contribution in [0.15, 0.2) is 54.6 Å². The summed E-state index contributed by atoms with van der Waals surface area (Å²) in [6, 6.07) is 18.5. The van der Waals surface area contributed by atoms with Crippen molar-refractivity contribution in [3.05, 3.63) is 66.0 Å². The minimum Gasteiger partial charge on any atom is -0.346 e. The number of ether oxygens (including phenoxy) is 1. The van der Waals surface area contributed by atoms with Gasteiger partial charge in [-0.25, -0.2) is 4.98 Å². The van der Waals surface area contributed by atoms with Gasteiger partial charge in [-0.05, 0) is 12.1 Å². The van der Waals surface area contributed by atoms with Crippen LogP contribution in [-0.2, 0) is 11.3 Å². The molecule has 0 N–H and O–H groups in total. The summed E-state index contributed by atoms with van der Waals surface area (Å²) in [5, 5.41) is 0. The molecule has 1 aliphatic rings. The predicted molar refractivity (Wildman–Crippen MR) is 69.1 cm³/mol. The van der Waals surface area contributed by atoms with Crippen LogP contribution in [0.1, 0.15) is 17.6 Å². The fraction of sp³-hybridized carbons (Fsp3) is 0.133. The number of hydrogen-bond donors (Lipinski definition) is 0.